The Hall–Kier alpha value is -1.29. The number of carbonyl (C=O) groups excluding carboxylic acids is 1. The first-order valence-corrected chi connectivity index (χ1v) is 4.78. The van der Waals surface area contributed by atoms with Gasteiger partial charge in [-0.05, 0) is 19.1 Å². The zero-order chi connectivity index (χ0) is 10.4. The number of nitrogens with two attached hydrogens (primary N) is 1. The summed E-state index contributed by atoms with van der Waals surface area (Å²) in [5.74, 6) is 0.878. The van der Waals surface area contributed by atoms with E-state index in [2.05, 4.69) is 0 Å². The lowest BCUT2D eigenvalue weighted by Crippen LogP contribution is -2.31. The molecular formula is C10H16N2O2. The van der Waals surface area contributed by atoms with Gasteiger partial charge in [0, 0.05) is 19.5 Å². The van der Waals surface area contributed by atoms with Crippen molar-refractivity contribution in [3.8, 4) is 0 Å². The molecule has 1 amide bonds. The number of hydrogen-bond acceptors (Lipinski definition) is 3. The maximum atomic E-state index is 11.5. The molecule has 0 spiro atoms. The van der Waals surface area contributed by atoms with Crippen molar-refractivity contribution in [1.82, 2.24) is 4.90 Å². The smallest absolute Gasteiger partial charge is 0.224 e. The van der Waals surface area contributed by atoms with Crippen molar-refractivity contribution in [1.29, 1.82) is 0 Å². The zero-order valence-electron chi connectivity index (χ0n) is 8.40. The van der Waals surface area contributed by atoms with Crippen molar-refractivity contribution in [3.05, 3.63) is 24.2 Å². The van der Waals surface area contributed by atoms with Gasteiger partial charge >= 0.3 is 0 Å². The lowest BCUT2D eigenvalue weighted by Gasteiger charge is -2.19. The van der Waals surface area contributed by atoms with E-state index < -0.39 is 0 Å². The van der Waals surface area contributed by atoms with Crippen LogP contribution in [0.5, 0.6) is 0 Å². The molecule has 0 atom stereocenters. The molecule has 0 bridgehead atoms. The third-order valence-electron chi connectivity index (χ3n) is 2.02. The third kappa shape index (κ3) is 2.88. The second-order valence-corrected chi connectivity index (χ2v) is 3.03. The molecule has 0 saturated carbocycles. The SMILES string of the molecule is CCN(Cc1ccco1)C(=O)CCN. The number of carbonyl (C=O) groups is 1. The molecule has 1 aromatic heterocycles. The molecular weight excluding hydrogens is 180 g/mol. The average molecular weight is 196 g/mol. The quantitative estimate of drug-likeness (QED) is 0.763. The van der Waals surface area contributed by atoms with Crippen molar-refractivity contribution >= 4 is 5.91 Å². The van der Waals surface area contributed by atoms with Crippen molar-refractivity contribution in [3.63, 3.8) is 0 Å². The predicted octanol–water partition coefficient (Wildman–Crippen LogP) is 0.977. The Morgan fingerprint density at radius 1 is 1.64 bits per heavy atom. The van der Waals surface area contributed by atoms with Crippen LogP contribution in [0.1, 0.15) is 19.1 Å². The first-order valence-electron chi connectivity index (χ1n) is 4.78. The van der Waals surface area contributed by atoms with Crippen LogP contribution in [0.4, 0.5) is 0 Å². The van der Waals surface area contributed by atoms with Crippen molar-refractivity contribution in [2.45, 2.75) is 19.9 Å². The fourth-order valence-corrected chi connectivity index (χ4v) is 1.25. The summed E-state index contributed by atoms with van der Waals surface area (Å²) < 4.78 is 5.17. The lowest BCUT2D eigenvalue weighted by molar-refractivity contribution is -0.131. The highest BCUT2D eigenvalue weighted by Gasteiger charge is 2.11. The molecule has 0 radical (unpaired) electrons. The minimum absolute atomic E-state index is 0.0754. The van der Waals surface area contributed by atoms with Crippen LogP contribution >= 0.6 is 0 Å². The van der Waals surface area contributed by atoms with Crippen molar-refractivity contribution in [2.75, 3.05) is 13.1 Å². The minimum Gasteiger partial charge on any atom is -0.467 e. The van der Waals surface area contributed by atoms with E-state index in [9.17, 15) is 4.79 Å². The van der Waals surface area contributed by atoms with E-state index in [4.69, 9.17) is 10.2 Å². The Balaban J connectivity index is 2.50. The lowest BCUT2D eigenvalue weighted by atomic mass is 10.3. The molecule has 0 saturated heterocycles. The van der Waals surface area contributed by atoms with Gasteiger partial charge in [-0.1, -0.05) is 0 Å². The molecule has 0 aromatic carbocycles. The Kier molecular flexibility index (Phi) is 4.19. The highest BCUT2D eigenvalue weighted by molar-refractivity contribution is 5.76. The molecule has 78 valence electrons. The monoisotopic (exact) mass is 196 g/mol. The Morgan fingerprint density at radius 3 is 2.93 bits per heavy atom. The third-order valence-corrected chi connectivity index (χ3v) is 2.02. The summed E-state index contributed by atoms with van der Waals surface area (Å²) in [6, 6.07) is 3.68. The van der Waals surface area contributed by atoms with E-state index in [1.165, 1.54) is 0 Å². The van der Waals surface area contributed by atoms with Crippen LogP contribution in [0.2, 0.25) is 0 Å². The molecule has 14 heavy (non-hydrogen) atoms. The number of amides is 1. The molecule has 0 unspecified atom stereocenters. The average Bonchev–Trinajstić information content (AvgIpc) is 2.66. The van der Waals surface area contributed by atoms with E-state index in [1.807, 2.05) is 19.1 Å². The van der Waals surface area contributed by atoms with Gasteiger partial charge in [0.25, 0.3) is 0 Å². The molecule has 0 aliphatic carbocycles. The van der Waals surface area contributed by atoms with Gasteiger partial charge in [-0.15, -0.1) is 0 Å². The summed E-state index contributed by atoms with van der Waals surface area (Å²) in [5, 5.41) is 0. The molecule has 1 aromatic rings. The Labute approximate surface area is 83.7 Å². The van der Waals surface area contributed by atoms with Crippen LogP contribution in [0.15, 0.2) is 22.8 Å². The summed E-state index contributed by atoms with van der Waals surface area (Å²) in [6.45, 7) is 3.55. The molecule has 0 fully saturated rings. The summed E-state index contributed by atoms with van der Waals surface area (Å²) in [6.07, 6.45) is 2.01. The standard InChI is InChI=1S/C10H16N2O2/c1-2-12(10(13)5-6-11)8-9-4-3-7-14-9/h3-4,7H,2,5-6,8,11H2,1H3. The number of nitrogens with zero attached hydrogens (tertiary/aromatic N) is 1. The van der Waals surface area contributed by atoms with E-state index in [0.717, 1.165) is 5.76 Å². The molecule has 1 rings (SSSR count). The number of hydrogen-bond donors (Lipinski definition) is 1. The molecule has 0 aliphatic heterocycles. The molecule has 4 heteroatoms. The van der Waals surface area contributed by atoms with Gasteiger partial charge < -0.3 is 15.1 Å². The number of furan rings is 1. The van der Waals surface area contributed by atoms with E-state index >= 15 is 0 Å². The Morgan fingerprint density at radius 2 is 2.43 bits per heavy atom. The van der Waals surface area contributed by atoms with Crippen LogP contribution in [-0.4, -0.2) is 23.9 Å². The molecule has 0 aliphatic rings. The second kappa shape index (κ2) is 5.44. The van der Waals surface area contributed by atoms with Gasteiger partial charge in [-0.3, -0.25) is 4.79 Å². The minimum atomic E-state index is 0.0754. The fourth-order valence-electron chi connectivity index (χ4n) is 1.25. The predicted molar refractivity (Wildman–Crippen MR) is 53.5 cm³/mol. The van der Waals surface area contributed by atoms with Gasteiger partial charge in [0.1, 0.15) is 5.76 Å². The van der Waals surface area contributed by atoms with E-state index in [0.29, 0.717) is 26.1 Å². The first kappa shape index (κ1) is 10.8. The highest BCUT2D eigenvalue weighted by atomic mass is 16.3. The maximum absolute atomic E-state index is 11.5. The molecule has 2 N–H and O–H groups in total. The van der Waals surface area contributed by atoms with Crippen LogP contribution < -0.4 is 5.73 Å². The van der Waals surface area contributed by atoms with Crippen molar-refractivity contribution < 1.29 is 9.21 Å². The van der Waals surface area contributed by atoms with Crippen LogP contribution in [0.25, 0.3) is 0 Å². The first-order chi connectivity index (χ1) is 6.77. The van der Waals surface area contributed by atoms with E-state index in [1.54, 1.807) is 11.2 Å². The summed E-state index contributed by atoms with van der Waals surface area (Å²) in [5.41, 5.74) is 5.32. The summed E-state index contributed by atoms with van der Waals surface area (Å²) in [4.78, 5) is 13.2. The normalized spacial score (nSPS) is 10.1. The molecule has 4 nitrogen and oxygen atoms in total. The van der Waals surface area contributed by atoms with Gasteiger partial charge in [0.05, 0.1) is 12.8 Å². The van der Waals surface area contributed by atoms with Gasteiger partial charge in [0.15, 0.2) is 0 Å². The largest absolute Gasteiger partial charge is 0.467 e. The van der Waals surface area contributed by atoms with Crippen molar-refractivity contribution in [2.24, 2.45) is 5.73 Å². The summed E-state index contributed by atoms with van der Waals surface area (Å²) in [7, 11) is 0. The van der Waals surface area contributed by atoms with E-state index in [-0.39, 0.29) is 5.91 Å². The van der Waals surface area contributed by atoms with Gasteiger partial charge in [0.2, 0.25) is 5.91 Å². The van der Waals surface area contributed by atoms with Gasteiger partial charge in [-0.25, -0.2) is 0 Å². The van der Waals surface area contributed by atoms with Crippen LogP contribution in [0, 0.1) is 0 Å². The highest BCUT2D eigenvalue weighted by Crippen LogP contribution is 2.06. The molecule has 1 heterocycles. The maximum Gasteiger partial charge on any atom is 0.224 e. The van der Waals surface area contributed by atoms with Gasteiger partial charge in [-0.2, -0.15) is 0 Å². The fraction of sp³-hybridized carbons (Fsp3) is 0.500. The summed E-state index contributed by atoms with van der Waals surface area (Å²) >= 11 is 0. The number of rotatable bonds is 5. The second-order valence-electron chi connectivity index (χ2n) is 3.03. The van der Waals surface area contributed by atoms with Crippen LogP contribution in [0.3, 0.4) is 0 Å². The topological polar surface area (TPSA) is 59.5 Å². The van der Waals surface area contributed by atoms with Crippen LogP contribution in [-0.2, 0) is 11.3 Å². The zero-order valence-corrected chi connectivity index (χ0v) is 8.40. The Bertz CT molecular complexity index is 270.